The van der Waals surface area contributed by atoms with Gasteiger partial charge in [0.25, 0.3) is 0 Å². The molecule has 0 bridgehead atoms. The molecule has 0 amide bonds. The zero-order valence-electron chi connectivity index (χ0n) is 11.9. The average Bonchev–Trinajstić information content (AvgIpc) is 2.56. The van der Waals surface area contributed by atoms with Crippen LogP contribution in [0.25, 0.3) is 10.8 Å². The largest absolute Gasteiger partial charge is 0.293 e. The molecule has 4 heteroatoms. The molecular weight excluding hydrogens is 292 g/mol. The molecule has 23 heavy (non-hydrogen) atoms. The molecule has 0 atom stereocenters. The molecule has 0 N–H and O–H groups in total. The van der Waals surface area contributed by atoms with Crippen molar-refractivity contribution in [2.24, 2.45) is 5.92 Å². The van der Waals surface area contributed by atoms with Crippen LogP contribution in [-0.2, 0) is 9.59 Å². The van der Waals surface area contributed by atoms with E-state index in [1.807, 2.05) is 12.1 Å². The van der Waals surface area contributed by atoms with Gasteiger partial charge in [0.2, 0.25) is 0 Å². The smallest absolute Gasteiger partial charge is 0.183 e. The van der Waals surface area contributed by atoms with Crippen LogP contribution in [0.5, 0.6) is 0 Å². The summed E-state index contributed by atoms with van der Waals surface area (Å²) in [5, 5.41) is 1.42. The molecule has 2 aliphatic carbocycles. The van der Waals surface area contributed by atoms with Gasteiger partial charge in [0.1, 0.15) is 5.92 Å². The van der Waals surface area contributed by atoms with Gasteiger partial charge in [-0.05, 0) is 23.6 Å². The third kappa shape index (κ3) is 1.85. The van der Waals surface area contributed by atoms with Gasteiger partial charge < -0.3 is 0 Å². The van der Waals surface area contributed by atoms with Gasteiger partial charge in [-0.1, -0.05) is 36.4 Å². The number of Topliss-reactive ketones (excluding diaryl/α,β-unsaturated/α-hetero) is 2. The van der Waals surface area contributed by atoms with Crippen LogP contribution in [-0.4, -0.2) is 23.1 Å². The van der Waals surface area contributed by atoms with Gasteiger partial charge in [-0.2, -0.15) is 0 Å². The summed E-state index contributed by atoms with van der Waals surface area (Å²) in [7, 11) is 0. The molecule has 4 rings (SSSR count). The summed E-state index contributed by atoms with van der Waals surface area (Å²) in [6.45, 7) is 0. The standard InChI is InChI=1S/C19H10O4/c20-11-7-8-15(21)14(9-11)17-18(22)12-5-1-3-10-4-2-6-13(16(10)12)19(17)23/h1-9,17H. The molecule has 0 heterocycles. The van der Waals surface area contributed by atoms with Crippen molar-refractivity contribution in [3.63, 3.8) is 0 Å². The molecular formula is C19H10O4. The van der Waals surface area contributed by atoms with Gasteiger partial charge in [-0.25, -0.2) is 0 Å². The fraction of sp³-hybridized carbons (Fsp3) is 0.0526. The normalized spacial score (nSPS) is 17.8. The van der Waals surface area contributed by atoms with E-state index in [0.29, 0.717) is 16.5 Å². The number of carbonyl (C=O) groups is 4. The Morgan fingerprint density at radius 2 is 1.35 bits per heavy atom. The topological polar surface area (TPSA) is 68.3 Å². The number of hydrogen-bond donors (Lipinski definition) is 0. The number of ketones is 4. The molecule has 110 valence electrons. The fourth-order valence-corrected chi connectivity index (χ4v) is 3.22. The van der Waals surface area contributed by atoms with E-state index in [9.17, 15) is 19.2 Å². The van der Waals surface area contributed by atoms with E-state index in [2.05, 4.69) is 0 Å². The highest BCUT2D eigenvalue weighted by Gasteiger charge is 2.40. The molecule has 0 radical (unpaired) electrons. The number of rotatable bonds is 1. The van der Waals surface area contributed by atoms with E-state index in [1.165, 1.54) is 0 Å². The van der Waals surface area contributed by atoms with Crippen molar-refractivity contribution in [3.05, 3.63) is 71.3 Å². The second-order valence-electron chi connectivity index (χ2n) is 5.57. The first kappa shape index (κ1) is 13.5. The molecule has 0 saturated carbocycles. The predicted octanol–water partition coefficient (Wildman–Crippen LogP) is 2.47. The first-order chi connectivity index (χ1) is 11.1. The molecule has 0 saturated heterocycles. The zero-order chi connectivity index (χ0) is 16.1. The third-order valence-electron chi connectivity index (χ3n) is 4.25. The first-order valence-corrected chi connectivity index (χ1v) is 7.16. The van der Waals surface area contributed by atoms with Crippen molar-refractivity contribution in [3.8, 4) is 0 Å². The molecule has 2 aromatic carbocycles. The Bertz CT molecular complexity index is 941. The van der Waals surface area contributed by atoms with Crippen molar-refractivity contribution in [2.45, 2.75) is 0 Å². The van der Waals surface area contributed by atoms with Crippen molar-refractivity contribution in [1.82, 2.24) is 0 Å². The van der Waals surface area contributed by atoms with E-state index in [1.54, 1.807) is 24.3 Å². The van der Waals surface area contributed by atoms with E-state index >= 15 is 0 Å². The summed E-state index contributed by atoms with van der Waals surface area (Å²) in [4.78, 5) is 49.3. The van der Waals surface area contributed by atoms with E-state index < -0.39 is 29.1 Å². The number of hydrogen-bond acceptors (Lipinski definition) is 4. The molecule has 0 unspecified atom stereocenters. The summed E-state index contributed by atoms with van der Waals surface area (Å²) < 4.78 is 0. The Kier molecular flexibility index (Phi) is 2.75. The molecule has 0 fully saturated rings. The Labute approximate surface area is 131 Å². The quantitative estimate of drug-likeness (QED) is 0.599. The van der Waals surface area contributed by atoms with Crippen LogP contribution >= 0.6 is 0 Å². The summed E-state index contributed by atoms with van der Waals surface area (Å²) >= 11 is 0. The Hall–Kier alpha value is -3.14. The van der Waals surface area contributed by atoms with Gasteiger partial charge >= 0.3 is 0 Å². The van der Waals surface area contributed by atoms with Crippen molar-refractivity contribution >= 4 is 33.9 Å². The summed E-state index contributed by atoms with van der Waals surface area (Å²) in [5.41, 5.74) is 0.788. The van der Waals surface area contributed by atoms with Crippen LogP contribution in [0.2, 0.25) is 0 Å². The monoisotopic (exact) mass is 302 g/mol. The van der Waals surface area contributed by atoms with E-state index in [0.717, 1.165) is 23.6 Å². The molecule has 0 spiro atoms. The highest BCUT2D eigenvalue weighted by Crippen LogP contribution is 2.35. The van der Waals surface area contributed by atoms with Crippen LogP contribution in [0, 0.1) is 5.92 Å². The lowest BCUT2D eigenvalue weighted by Crippen LogP contribution is -2.34. The van der Waals surface area contributed by atoms with Crippen molar-refractivity contribution in [1.29, 1.82) is 0 Å². The molecule has 0 aliphatic heterocycles. The SMILES string of the molecule is O=C1C=CC(=O)C(C2C(=O)c3cccc4cccc(c34)C2=O)=C1. The maximum Gasteiger partial charge on any atom is 0.183 e. The summed E-state index contributed by atoms with van der Waals surface area (Å²) in [6.07, 6.45) is 3.34. The highest BCUT2D eigenvalue weighted by atomic mass is 16.2. The lowest BCUT2D eigenvalue weighted by atomic mass is 9.74. The van der Waals surface area contributed by atoms with E-state index in [-0.39, 0.29) is 5.57 Å². The molecule has 0 aromatic heterocycles. The number of benzene rings is 2. The predicted molar refractivity (Wildman–Crippen MR) is 83.3 cm³/mol. The molecule has 2 aliphatic rings. The molecule has 2 aromatic rings. The van der Waals surface area contributed by atoms with Gasteiger partial charge in [0.15, 0.2) is 23.1 Å². The second kappa shape index (κ2) is 4.68. The van der Waals surface area contributed by atoms with Crippen molar-refractivity contribution in [2.75, 3.05) is 0 Å². The fourth-order valence-electron chi connectivity index (χ4n) is 3.22. The van der Waals surface area contributed by atoms with Gasteiger partial charge in [0, 0.05) is 22.1 Å². The van der Waals surface area contributed by atoms with Crippen LogP contribution < -0.4 is 0 Å². The van der Waals surface area contributed by atoms with Crippen LogP contribution in [0.3, 0.4) is 0 Å². The lowest BCUT2D eigenvalue weighted by molar-refractivity contribution is -0.114. The highest BCUT2D eigenvalue weighted by molar-refractivity contribution is 6.34. The lowest BCUT2D eigenvalue weighted by Gasteiger charge is -2.24. The number of allylic oxidation sites excluding steroid dienone is 4. The Morgan fingerprint density at radius 3 is 1.96 bits per heavy atom. The number of carbonyl (C=O) groups excluding carboxylic acids is 4. The van der Waals surface area contributed by atoms with Crippen molar-refractivity contribution < 1.29 is 19.2 Å². The van der Waals surface area contributed by atoms with Gasteiger partial charge in [-0.15, -0.1) is 0 Å². The summed E-state index contributed by atoms with van der Waals surface area (Å²) in [5.74, 6) is -2.96. The maximum atomic E-state index is 12.8. The Balaban J connectivity index is 1.97. The minimum Gasteiger partial charge on any atom is -0.293 e. The first-order valence-electron chi connectivity index (χ1n) is 7.16. The maximum absolute atomic E-state index is 12.8. The second-order valence-corrected chi connectivity index (χ2v) is 5.57. The van der Waals surface area contributed by atoms with E-state index in [4.69, 9.17) is 0 Å². The third-order valence-corrected chi connectivity index (χ3v) is 4.25. The minimum absolute atomic E-state index is 0.0426. The van der Waals surface area contributed by atoms with Gasteiger partial charge in [-0.3, -0.25) is 19.2 Å². The Morgan fingerprint density at radius 1 is 0.739 bits per heavy atom. The van der Waals surface area contributed by atoms with Gasteiger partial charge in [0.05, 0.1) is 0 Å². The zero-order valence-corrected chi connectivity index (χ0v) is 11.9. The average molecular weight is 302 g/mol. The van der Waals surface area contributed by atoms with Crippen LogP contribution in [0.1, 0.15) is 20.7 Å². The van der Waals surface area contributed by atoms with Crippen LogP contribution in [0.15, 0.2) is 60.2 Å². The minimum atomic E-state index is -1.24. The van der Waals surface area contributed by atoms with Crippen LogP contribution in [0.4, 0.5) is 0 Å². The molecule has 4 nitrogen and oxygen atoms in total. The summed E-state index contributed by atoms with van der Waals surface area (Å²) in [6, 6.07) is 10.5.